The molecule has 5 heteroatoms. The Kier molecular flexibility index (Phi) is 1.36. The van der Waals surface area contributed by atoms with E-state index in [4.69, 9.17) is 4.74 Å². The van der Waals surface area contributed by atoms with Crippen LogP contribution < -0.4 is 9.64 Å². The number of methoxy groups -OCH3 is 1. The molecule has 0 saturated carbocycles. The molecule has 1 aromatic carbocycles. The number of rotatable bonds is 1. The van der Waals surface area contributed by atoms with Crippen LogP contribution in [0.3, 0.4) is 0 Å². The lowest BCUT2D eigenvalue weighted by Gasteiger charge is -1.93. The van der Waals surface area contributed by atoms with Gasteiger partial charge in [-0.3, -0.25) is 4.63 Å². The molecule has 12 heavy (non-hydrogen) atoms. The van der Waals surface area contributed by atoms with Gasteiger partial charge in [0.25, 0.3) is 5.52 Å². The lowest BCUT2D eigenvalue weighted by atomic mass is 10.3. The molecule has 0 aliphatic carbocycles. The smallest absolute Gasteiger partial charge is 0.290 e. The van der Waals surface area contributed by atoms with Crippen LogP contribution in [0.1, 0.15) is 0 Å². The predicted octanol–water partition coefficient (Wildman–Crippen LogP) is 0.470. The second kappa shape index (κ2) is 2.37. The monoisotopic (exact) mass is 166 g/mol. The van der Waals surface area contributed by atoms with Gasteiger partial charge in [-0.1, -0.05) is 6.07 Å². The first kappa shape index (κ1) is 6.90. The third-order valence-corrected chi connectivity index (χ3v) is 1.60. The van der Waals surface area contributed by atoms with E-state index in [1.807, 2.05) is 0 Å². The quantitative estimate of drug-likeness (QED) is 0.577. The van der Waals surface area contributed by atoms with Crippen LogP contribution >= 0.6 is 0 Å². The minimum Gasteiger partial charge on any atom is -0.492 e. The highest BCUT2D eigenvalue weighted by Crippen LogP contribution is 2.19. The Morgan fingerprint density at radius 3 is 3.17 bits per heavy atom. The van der Waals surface area contributed by atoms with E-state index in [-0.39, 0.29) is 0 Å². The van der Waals surface area contributed by atoms with Gasteiger partial charge in [-0.25, -0.2) is 0 Å². The molecule has 0 atom stereocenters. The molecule has 0 N–H and O–H groups in total. The van der Waals surface area contributed by atoms with Gasteiger partial charge in [-0.2, -0.15) is 0 Å². The van der Waals surface area contributed by atoms with E-state index in [0.29, 0.717) is 21.7 Å². The minimum absolute atomic E-state index is 0.345. The van der Waals surface area contributed by atoms with Crippen LogP contribution in [0.4, 0.5) is 0 Å². The van der Waals surface area contributed by atoms with Crippen molar-refractivity contribution in [1.29, 1.82) is 0 Å². The summed E-state index contributed by atoms with van der Waals surface area (Å²) in [4.78, 5) is 0.345. The normalized spacial score (nSPS) is 10.4. The van der Waals surface area contributed by atoms with Crippen molar-refractivity contribution in [3.05, 3.63) is 23.4 Å². The standard InChI is InChI=1S/C7H6N2O3/c1-11-6-4-2-3-5-7(6)8-12-9(5)10/h2-4H,1H3. The largest absolute Gasteiger partial charge is 0.492 e. The SMILES string of the molecule is COc1cccc2c1no[n+]2[O-]. The average molecular weight is 166 g/mol. The maximum absolute atomic E-state index is 10.9. The summed E-state index contributed by atoms with van der Waals surface area (Å²) in [7, 11) is 1.51. The Balaban J connectivity index is 2.81. The molecule has 1 heterocycles. The Hall–Kier alpha value is -1.78. The summed E-state index contributed by atoms with van der Waals surface area (Å²) in [5, 5.41) is 14.4. The first-order chi connectivity index (χ1) is 5.83. The van der Waals surface area contributed by atoms with E-state index in [9.17, 15) is 5.21 Å². The fraction of sp³-hybridized carbons (Fsp3) is 0.143. The molecule has 0 spiro atoms. The predicted molar refractivity (Wildman–Crippen MR) is 39.5 cm³/mol. The first-order valence-electron chi connectivity index (χ1n) is 3.35. The molecular formula is C7H6N2O3. The second-order valence-electron chi connectivity index (χ2n) is 2.26. The molecule has 62 valence electrons. The van der Waals surface area contributed by atoms with Crippen molar-refractivity contribution < 1.29 is 14.3 Å². The number of nitrogens with zero attached hydrogens (tertiary/aromatic N) is 2. The molecule has 0 saturated heterocycles. The zero-order valence-electron chi connectivity index (χ0n) is 6.35. The summed E-state index contributed by atoms with van der Waals surface area (Å²) in [6, 6.07) is 5.03. The van der Waals surface area contributed by atoms with Gasteiger partial charge in [-0.15, -0.1) is 0 Å². The van der Waals surface area contributed by atoms with E-state index in [2.05, 4.69) is 9.79 Å². The molecule has 5 nitrogen and oxygen atoms in total. The Labute approximate surface area is 67.7 Å². The Bertz CT molecular complexity index is 410. The topological polar surface area (TPSA) is 62.2 Å². The zero-order valence-corrected chi connectivity index (χ0v) is 6.35. The lowest BCUT2D eigenvalue weighted by molar-refractivity contribution is -0.782. The van der Waals surface area contributed by atoms with Crippen LogP contribution in [0.2, 0.25) is 0 Å². The minimum atomic E-state index is 0.345. The number of benzene rings is 1. The molecule has 1 aromatic heterocycles. The van der Waals surface area contributed by atoms with Crippen LogP contribution in [0.5, 0.6) is 5.75 Å². The van der Waals surface area contributed by atoms with E-state index < -0.39 is 0 Å². The van der Waals surface area contributed by atoms with Gasteiger partial charge in [-0.05, 0) is 17.0 Å². The summed E-state index contributed by atoms with van der Waals surface area (Å²) in [5.41, 5.74) is 0.810. The van der Waals surface area contributed by atoms with Crippen molar-refractivity contribution in [2.24, 2.45) is 0 Å². The maximum Gasteiger partial charge on any atom is 0.290 e. The van der Waals surface area contributed by atoms with Crippen molar-refractivity contribution in [3.63, 3.8) is 0 Å². The summed E-state index contributed by atoms with van der Waals surface area (Å²) in [6.45, 7) is 0. The third kappa shape index (κ3) is 0.795. The molecule has 0 unspecified atom stereocenters. The van der Waals surface area contributed by atoms with E-state index in [1.165, 1.54) is 7.11 Å². The maximum atomic E-state index is 10.9. The number of hydrogen-bond acceptors (Lipinski definition) is 4. The highest BCUT2D eigenvalue weighted by molar-refractivity contribution is 5.77. The van der Waals surface area contributed by atoms with Crippen LogP contribution in [-0.2, 0) is 0 Å². The van der Waals surface area contributed by atoms with Crippen LogP contribution in [0, 0.1) is 5.21 Å². The molecule has 0 aliphatic rings. The summed E-state index contributed by atoms with van der Waals surface area (Å²) < 4.78 is 9.35. The van der Waals surface area contributed by atoms with Crippen molar-refractivity contribution in [3.8, 4) is 5.75 Å². The number of hydrogen-bond donors (Lipinski definition) is 0. The Morgan fingerprint density at radius 2 is 2.42 bits per heavy atom. The van der Waals surface area contributed by atoms with Gasteiger partial charge >= 0.3 is 0 Å². The van der Waals surface area contributed by atoms with Gasteiger partial charge in [0.2, 0.25) is 5.52 Å². The van der Waals surface area contributed by atoms with E-state index in [0.717, 1.165) is 0 Å². The van der Waals surface area contributed by atoms with Gasteiger partial charge < -0.3 is 9.94 Å². The lowest BCUT2D eigenvalue weighted by Crippen LogP contribution is -2.22. The van der Waals surface area contributed by atoms with Crippen molar-refractivity contribution in [2.45, 2.75) is 0 Å². The van der Waals surface area contributed by atoms with E-state index in [1.54, 1.807) is 18.2 Å². The number of ether oxygens (including phenoxy) is 1. The highest BCUT2D eigenvalue weighted by Gasteiger charge is 2.13. The van der Waals surface area contributed by atoms with E-state index >= 15 is 0 Å². The zero-order chi connectivity index (χ0) is 8.55. The number of aromatic nitrogens is 2. The average Bonchev–Trinajstić information content (AvgIpc) is 2.48. The van der Waals surface area contributed by atoms with Crippen molar-refractivity contribution >= 4 is 11.0 Å². The Morgan fingerprint density at radius 1 is 1.58 bits per heavy atom. The summed E-state index contributed by atoms with van der Waals surface area (Å²) in [6.07, 6.45) is 0. The molecule has 0 radical (unpaired) electrons. The van der Waals surface area contributed by atoms with Crippen LogP contribution in [0.15, 0.2) is 22.8 Å². The molecule has 0 amide bonds. The van der Waals surface area contributed by atoms with Gasteiger partial charge in [0.1, 0.15) is 0 Å². The molecule has 2 rings (SSSR count). The summed E-state index contributed by atoms with van der Waals surface area (Å²) >= 11 is 0. The molecule has 2 aromatic rings. The van der Waals surface area contributed by atoms with Crippen molar-refractivity contribution in [1.82, 2.24) is 5.16 Å². The third-order valence-electron chi connectivity index (χ3n) is 1.60. The number of fused-ring (bicyclic) bond motifs is 1. The fourth-order valence-electron chi connectivity index (χ4n) is 1.04. The van der Waals surface area contributed by atoms with Gasteiger partial charge in [0, 0.05) is 0 Å². The molecule has 0 aliphatic heterocycles. The van der Waals surface area contributed by atoms with Gasteiger partial charge in [0.15, 0.2) is 5.75 Å². The van der Waals surface area contributed by atoms with Crippen LogP contribution in [-0.4, -0.2) is 12.3 Å². The fourth-order valence-corrected chi connectivity index (χ4v) is 1.04. The van der Waals surface area contributed by atoms with Crippen LogP contribution in [0.25, 0.3) is 11.0 Å². The molecule has 0 bridgehead atoms. The van der Waals surface area contributed by atoms with Gasteiger partial charge in [0.05, 0.1) is 12.3 Å². The first-order valence-corrected chi connectivity index (χ1v) is 3.35. The second-order valence-corrected chi connectivity index (χ2v) is 2.26. The highest BCUT2D eigenvalue weighted by atomic mass is 16.8. The summed E-state index contributed by atoms with van der Waals surface area (Å²) in [5.74, 6) is 0.533. The molecular weight excluding hydrogens is 160 g/mol. The van der Waals surface area contributed by atoms with Crippen molar-refractivity contribution in [2.75, 3.05) is 7.11 Å². The molecule has 0 fully saturated rings.